The minimum atomic E-state index is -0.0306. The van der Waals surface area contributed by atoms with E-state index in [9.17, 15) is 4.79 Å². The van der Waals surface area contributed by atoms with Gasteiger partial charge in [0.1, 0.15) is 18.1 Å². The van der Waals surface area contributed by atoms with Crippen LogP contribution in [0.25, 0.3) is 10.8 Å². The molecule has 2 aromatic carbocycles. The predicted molar refractivity (Wildman–Crippen MR) is 82.5 cm³/mol. The monoisotopic (exact) mass is 277 g/mol. The molecule has 0 amide bonds. The molecule has 1 aromatic heterocycles. The van der Waals surface area contributed by atoms with Crippen molar-refractivity contribution in [3.05, 3.63) is 72.1 Å². The molecule has 0 radical (unpaired) electrons. The minimum absolute atomic E-state index is 0.0306. The van der Waals surface area contributed by atoms with Gasteiger partial charge in [-0.2, -0.15) is 0 Å². The number of aromatic nitrogens is 1. The van der Waals surface area contributed by atoms with Crippen molar-refractivity contribution in [1.82, 2.24) is 4.98 Å². The Bertz CT molecular complexity index is 779. The summed E-state index contributed by atoms with van der Waals surface area (Å²) in [6.45, 7) is 1.94. The third-order valence-corrected chi connectivity index (χ3v) is 3.31. The SMILES string of the molecule is CC(=O)c1ccc(COc2ccc3ccccc3c2)cn1. The number of ketones is 1. The van der Waals surface area contributed by atoms with Gasteiger partial charge in [-0.15, -0.1) is 0 Å². The molecule has 0 bridgehead atoms. The zero-order valence-electron chi connectivity index (χ0n) is 11.7. The van der Waals surface area contributed by atoms with E-state index in [1.807, 2.05) is 36.4 Å². The quantitative estimate of drug-likeness (QED) is 0.676. The average molecular weight is 277 g/mol. The maximum absolute atomic E-state index is 11.2. The fourth-order valence-electron chi connectivity index (χ4n) is 2.14. The molecule has 3 rings (SSSR count). The summed E-state index contributed by atoms with van der Waals surface area (Å²) in [4.78, 5) is 15.3. The van der Waals surface area contributed by atoms with Crippen LogP contribution < -0.4 is 4.74 Å². The number of ether oxygens (including phenoxy) is 1. The molecule has 0 saturated carbocycles. The number of carbonyl (C=O) groups is 1. The molecule has 0 saturated heterocycles. The average Bonchev–Trinajstić information content (AvgIpc) is 2.53. The summed E-state index contributed by atoms with van der Waals surface area (Å²) in [7, 11) is 0. The molecule has 0 unspecified atom stereocenters. The summed E-state index contributed by atoms with van der Waals surface area (Å²) in [6, 6.07) is 17.8. The fraction of sp³-hybridized carbons (Fsp3) is 0.111. The minimum Gasteiger partial charge on any atom is -0.489 e. The molecule has 3 aromatic rings. The zero-order valence-corrected chi connectivity index (χ0v) is 11.7. The second-order valence-electron chi connectivity index (χ2n) is 4.91. The standard InChI is InChI=1S/C18H15NO2/c1-13(20)18-9-6-14(11-19-18)12-21-17-8-7-15-4-2-3-5-16(15)10-17/h2-11H,12H2,1H3. The van der Waals surface area contributed by atoms with Gasteiger partial charge in [-0.1, -0.05) is 36.4 Å². The van der Waals surface area contributed by atoms with E-state index in [-0.39, 0.29) is 5.78 Å². The molecule has 0 N–H and O–H groups in total. The van der Waals surface area contributed by atoms with Crippen LogP contribution in [-0.2, 0) is 6.61 Å². The maximum Gasteiger partial charge on any atom is 0.178 e. The highest BCUT2D eigenvalue weighted by Gasteiger charge is 2.02. The molecule has 1 heterocycles. The Labute approximate surface area is 123 Å². The van der Waals surface area contributed by atoms with Crippen LogP contribution in [0.3, 0.4) is 0 Å². The highest BCUT2D eigenvalue weighted by atomic mass is 16.5. The van der Waals surface area contributed by atoms with Crippen molar-refractivity contribution in [1.29, 1.82) is 0 Å². The summed E-state index contributed by atoms with van der Waals surface area (Å²) in [6.07, 6.45) is 1.68. The molecule has 0 aliphatic heterocycles. The number of hydrogen-bond donors (Lipinski definition) is 0. The number of nitrogens with zero attached hydrogens (tertiary/aromatic N) is 1. The van der Waals surface area contributed by atoms with Crippen LogP contribution in [0.5, 0.6) is 5.75 Å². The predicted octanol–water partition coefficient (Wildman–Crippen LogP) is 4.02. The van der Waals surface area contributed by atoms with Gasteiger partial charge < -0.3 is 4.74 Å². The van der Waals surface area contributed by atoms with Crippen molar-refractivity contribution in [2.75, 3.05) is 0 Å². The summed E-state index contributed by atoms with van der Waals surface area (Å²) in [5.74, 6) is 0.793. The number of Topliss-reactive ketones (excluding diaryl/α,β-unsaturated/α-hetero) is 1. The molecule has 104 valence electrons. The van der Waals surface area contributed by atoms with Gasteiger partial charge in [-0.05, 0) is 29.0 Å². The largest absolute Gasteiger partial charge is 0.489 e. The van der Waals surface area contributed by atoms with Gasteiger partial charge in [-0.3, -0.25) is 9.78 Å². The smallest absolute Gasteiger partial charge is 0.178 e. The third kappa shape index (κ3) is 3.08. The van der Waals surface area contributed by atoms with Gasteiger partial charge in [0.25, 0.3) is 0 Å². The van der Waals surface area contributed by atoms with Crippen LogP contribution in [-0.4, -0.2) is 10.8 Å². The molecule has 0 aliphatic carbocycles. The number of carbonyl (C=O) groups excluding carboxylic acids is 1. The lowest BCUT2D eigenvalue weighted by molar-refractivity contribution is 0.101. The van der Waals surface area contributed by atoms with Crippen molar-refractivity contribution in [3.8, 4) is 5.75 Å². The van der Waals surface area contributed by atoms with E-state index in [2.05, 4.69) is 17.1 Å². The first-order valence-electron chi connectivity index (χ1n) is 6.80. The number of rotatable bonds is 4. The van der Waals surface area contributed by atoms with E-state index in [1.54, 1.807) is 12.3 Å². The van der Waals surface area contributed by atoms with Crippen molar-refractivity contribution in [2.24, 2.45) is 0 Å². The lowest BCUT2D eigenvalue weighted by atomic mass is 10.1. The van der Waals surface area contributed by atoms with Crippen LogP contribution in [0.15, 0.2) is 60.8 Å². The summed E-state index contributed by atoms with van der Waals surface area (Å²) >= 11 is 0. The topological polar surface area (TPSA) is 39.2 Å². The first-order chi connectivity index (χ1) is 10.2. The van der Waals surface area contributed by atoms with E-state index < -0.39 is 0 Å². The first kappa shape index (κ1) is 13.3. The van der Waals surface area contributed by atoms with Crippen LogP contribution >= 0.6 is 0 Å². The normalized spacial score (nSPS) is 10.5. The van der Waals surface area contributed by atoms with Gasteiger partial charge in [-0.25, -0.2) is 0 Å². The molecule has 0 spiro atoms. The summed E-state index contributed by atoms with van der Waals surface area (Å²) in [5, 5.41) is 2.34. The zero-order chi connectivity index (χ0) is 14.7. The molecule has 3 heteroatoms. The Morgan fingerprint density at radius 2 is 1.86 bits per heavy atom. The van der Waals surface area contributed by atoms with E-state index in [0.29, 0.717) is 12.3 Å². The molecule has 0 fully saturated rings. The lowest BCUT2D eigenvalue weighted by Gasteiger charge is -2.07. The van der Waals surface area contributed by atoms with Gasteiger partial charge in [0.05, 0.1) is 0 Å². The Hall–Kier alpha value is -2.68. The molecule has 21 heavy (non-hydrogen) atoms. The van der Waals surface area contributed by atoms with Gasteiger partial charge in [0.15, 0.2) is 5.78 Å². The Balaban J connectivity index is 1.72. The number of hydrogen-bond acceptors (Lipinski definition) is 3. The second kappa shape index (κ2) is 5.75. The number of pyridine rings is 1. The van der Waals surface area contributed by atoms with Crippen molar-refractivity contribution >= 4 is 16.6 Å². The van der Waals surface area contributed by atoms with Crippen molar-refractivity contribution in [2.45, 2.75) is 13.5 Å². The fourth-order valence-corrected chi connectivity index (χ4v) is 2.14. The summed E-state index contributed by atoms with van der Waals surface area (Å²) in [5.41, 5.74) is 1.41. The Kier molecular flexibility index (Phi) is 3.65. The maximum atomic E-state index is 11.2. The van der Waals surface area contributed by atoms with Gasteiger partial charge >= 0.3 is 0 Å². The number of fused-ring (bicyclic) bond motifs is 1. The van der Waals surface area contributed by atoms with E-state index in [1.165, 1.54) is 12.3 Å². The first-order valence-corrected chi connectivity index (χ1v) is 6.80. The third-order valence-electron chi connectivity index (χ3n) is 3.31. The molecular weight excluding hydrogens is 262 g/mol. The number of benzene rings is 2. The van der Waals surface area contributed by atoms with Gasteiger partial charge in [0, 0.05) is 18.7 Å². The lowest BCUT2D eigenvalue weighted by Crippen LogP contribution is -2.00. The Morgan fingerprint density at radius 1 is 1.05 bits per heavy atom. The summed E-state index contributed by atoms with van der Waals surface area (Å²) < 4.78 is 5.78. The Morgan fingerprint density at radius 3 is 2.57 bits per heavy atom. The second-order valence-corrected chi connectivity index (χ2v) is 4.91. The van der Waals surface area contributed by atoms with Gasteiger partial charge in [0.2, 0.25) is 0 Å². The van der Waals surface area contributed by atoms with Crippen molar-refractivity contribution in [3.63, 3.8) is 0 Å². The van der Waals surface area contributed by atoms with Crippen LogP contribution in [0.1, 0.15) is 23.0 Å². The molecule has 0 aliphatic rings. The van der Waals surface area contributed by atoms with Crippen LogP contribution in [0.4, 0.5) is 0 Å². The molecule has 0 atom stereocenters. The highest BCUT2D eigenvalue weighted by molar-refractivity contribution is 5.92. The molecule has 3 nitrogen and oxygen atoms in total. The van der Waals surface area contributed by atoms with E-state index >= 15 is 0 Å². The van der Waals surface area contributed by atoms with Crippen LogP contribution in [0.2, 0.25) is 0 Å². The van der Waals surface area contributed by atoms with E-state index in [4.69, 9.17) is 4.74 Å². The van der Waals surface area contributed by atoms with Crippen LogP contribution in [0, 0.1) is 0 Å². The molecular formula is C18H15NO2. The highest BCUT2D eigenvalue weighted by Crippen LogP contribution is 2.21. The van der Waals surface area contributed by atoms with E-state index in [0.717, 1.165) is 16.7 Å². The van der Waals surface area contributed by atoms with Crippen molar-refractivity contribution < 1.29 is 9.53 Å².